The number of hydrogen-bond acceptors (Lipinski definition) is 6. The summed E-state index contributed by atoms with van der Waals surface area (Å²) in [6.07, 6.45) is 1.56. The van der Waals surface area contributed by atoms with E-state index in [0.29, 0.717) is 30.4 Å². The summed E-state index contributed by atoms with van der Waals surface area (Å²) in [4.78, 5) is 11.9. The number of piperazine rings is 1. The highest BCUT2D eigenvalue weighted by Crippen LogP contribution is 2.26. The fraction of sp³-hybridized carbons (Fsp3) is 0.263. The smallest absolute Gasteiger partial charge is 0.252 e. The van der Waals surface area contributed by atoms with Gasteiger partial charge in [-0.05, 0) is 19.1 Å². The number of rotatable bonds is 4. The zero-order chi connectivity index (χ0) is 18.9. The first-order valence-electron chi connectivity index (χ1n) is 8.73. The van der Waals surface area contributed by atoms with Crippen LogP contribution in [0.5, 0.6) is 0 Å². The molecule has 3 aromatic rings. The number of aryl methyl sites for hydroxylation is 1. The van der Waals surface area contributed by atoms with Crippen LogP contribution in [0, 0.1) is 6.92 Å². The lowest BCUT2D eigenvalue weighted by Crippen LogP contribution is -2.48. The van der Waals surface area contributed by atoms with Gasteiger partial charge in [-0.1, -0.05) is 30.3 Å². The Bertz CT molecular complexity index is 1030. The van der Waals surface area contributed by atoms with Gasteiger partial charge in [-0.25, -0.2) is 18.4 Å². The molecular formula is C19H20N4O2S2. The van der Waals surface area contributed by atoms with Gasteiger partial charge in [0.25, 0.3) is 10.0 Å². The average molecular weight is 401 g/mol. The minimum absolute atomic E-state index is 0.418. The van der Waals surface area contributed by atoms with Crippen molar-refractivity contribution in [3.63, 3.8) is 0 Å². The first-order chi connectivity index (χ1) is 13.0. The number of hydrogen-bond donors (Lipinski definition) is 0. The van der Waals surface area contributed by atoms with Crippen LogP contribution in [0.1, 0.15) is 4.88 Å². The molecule has 1 aliphatic heterocycles. The van der Waals surface area contributed by atoms with E-state index in [1.807, 2.05) is 49.4 Å². The van der Waals surface area contributed by atoms with E-state index in [-0.39, 0.29) is 0 Å². The Morgan fingerprint density at radius 1 is 0.963 bits per heavy atom. The van der Waals surface area contributed by atoms with Crippen molar-refractivity contribution in [1.29, 1.82) is 0 Å². The topological polar surface area (TPSA) is 66.4 Å². The van der Waals surface area contributed by atoms with Crippen LogP contribution < -0.4 is 4.90 Å². The van der Waals surface area contributed by atoms with Gasteiger partial charge in [0.05, 0.1) is 5.69 Å². The Morgan fingerprint density at radius 2 is 1.70 bits per heavy atom. The Kier molecular flexibility index (Phi) is 4.94. The highest BCUT2D eigenvalue weighted by atomic mass is 32.2. The van der Waals surface area contributed by atoms with Gasteiger partial charge in [0.15, 0.2) is 0 Å². The molecule has 4 rings (SSSR count). The molecule has 3 heterocycles. The van der Waals surface area contributed by atoms with Crippen LogP contribution in [0.4, 0.5) is 5.82 Å². The van der Waals surface area contributed by atoms with Crippen LogP contribution in [-0.4, -0.2) is 48.9 Å². The SMILES string of the molecule is Cc1ccc(S(=O)(=O)N2CCN(c3cc(-c4ccccc4)ncn3)CC2)s1. The molecule has 1 aliphatic rings. The van der Waals surface area contributed by atoms with E-state index in [1.165, 1.54) is 11.3 Å². The first kappa shape index (κ1) is 18.1. The molecule has 140 valence electrons. The third kappa shape index (κ3) is 3.73. The first-order valence-corrected chi connectivity index (χ1v) is 11.0. The molecule has 0 N–H and O–H groups in total. The summed E-state index contributed by atoms with van der Waals surface area (Å²) in [6, 6.07) is 15.5. The molecule has 1 fully saturated rings. The molecule has 0 amide bonds. The molecule has 0 unspecified atom stereocenters. The van der Waals surface area contributed by atoms with Crippen molar-refractivity contribution < 1.29 is 8.42 Å². The van der Waals surface area contributed by atoms with Gasteiger partial charge in [0.2, 0.25) is 0 Å². The zero-order valence-corrected chi connectivity index (χ0v) is 16.6. The number of sulfonamides is 1. The maximum Gasteiger partial charge on any atom is 0.252 e. The van der Waals surface area contributed by atoms with E-state index >= 15 is 0 Å². The Balaban J connectivity index is 1.48. The van der Waals surface area contributed by atoms with Crippen molar-refractivity contribution in [3.05, 3.63) is 59.7 Å². The van der Waals surface area contributed by atoms with Crippen molar-refractivity contribution in [2.75, 3.05) is 31.1 Å². The molecule has 1 saturated heterocycles. The molecule has 0 bridgehead atoms. The van der Waals surface area contributed by atoms with E-state index in [9.17, 15) is 8.42 Å². The second-order valence-electron chi connectivity index (χ2n) is 6.38. The maximum atomic E-state index is 12.8. The zero-order valence-electron chi connectivity index (χ0n) is 14.9. The lowest BCUT2D eigenvalue weighted by Gasteiger charge is -2.34. The fourth-order valence-corrected chi connectivity index (χ4v) is 5.98. The van der Waals surface area contributed by atoms with E-state index < -0.39 is 10.0 Å². The van der Waals surface area contributed by atoms with Crippen LogP contribution in [0.25, 0.3) is 11.3 Å². The van der Waals surface area contributed by atoms with E-state index in [2.05, 4.69) is 14.9 Å². The van der Waals surface area contributed by atoms with Gasteiger partial charge in [-0.3, -0.25) is 0 Å². The van der Waals surface area contributed by atoms with Gasteiger partial charge >= 0.3 is 0 Å². The highest BCUT2D eigenvalue weighted by molar-refractivity contribution is 7.91. The summed E-state index contributed by atoms with van der Waals surface area (Å²) in [5, 5.41) is 0. The summed E-state index contributed by atoms with van der Waals surface area (Å²) in [6.45, 7) is 4.03. The minimum atomic E-state index is -3.41. The van der Waals surface area contributed by atoms with Gasteiger partial charge in [-0.2, -0.15) is 4.31 Å². The third-order valence-electron chi connectivity index (χ3n) is 4.59. The lowest BCUT2D eigenvalue weighted by molar-refractivity contribution is 0.385. The van der Waals surface area contributed by atoms with Gasteiger partial charge in [0, 0.05) is 42.7 Å². The van der Waals surface area contributed by atoms with Crippen molar-refractivity contribution in [1.82, 2.24) is 14.3 Å². The molecule has 27 heavy (non-hydrogen) atoms. The van der Waals surface area contributed by atoms with Crippen molar-refractivity contribution in [3.8, 4) is 11.3 Å². The normalized spacial score (nSPS) is 15.8. The Hall–Kier alpha value is -2.29. The van der Waals surface area contributed by atoms with E-state index in [0.717, 1.165) is 22.0 Å². The van der Waals surface area contributed by atoms with Crippen LogP contribution in [0.2, 0.25) is 0 Å². The third-order valence-corrected chi connectivity index (χ3v) is 7.96. The van der Waals surface area contributed by atoms with E-state index in [1.54, 1.807) is 16.7 Å². The second-order valence-corrected chi connectivity index (χ2v) is 9.84. The Labute approximate surface area is 163 Å². The van der Waals surface area contributed by atoms with Crippen LogP contribution in [0.3, 0.4) is 0 Å². The van der Waals surface area contributed by atoms with Crippen molar-refractivity contribution in [2.24, 2.45) is 0 Å². The summed E-state index contributed by atoms with van der Waals surface area (Å²) in [5.74, 6) is 0.827. The molecule has 0 atom stereocenters. The van der Waals surface area contributed by atoms with Crippen LogP contribution in [0.15, 0.2) is 59.1 Å². The highest BCUT2D eigenvalue weighted by Gasteiger charge is 2.30. The standard InChI is InChI=1S/C19H20N4O2S2/c1-15-7-8-19(26-15)27(24,25)23-11-9-22(10-12-23)18-13-17(20-14-21-18)16-5-3-2-4-6-16/h2-8,13-14H,9-12H2,1H3. The summed E-state index contributed by atoms with van der Waals surface area (Å²) in [7, 11) is -3.41. The van der Waals surface area contributed by atoms with Crippen LogP contribution >= 0.6 is 11.3 Å². The summed E-state index contributed by atoms with van der Waals surface area (Å²) < 4.78 is 27.5. The van der Waals surface area contributed by atoms with Gasteiger partial charge in [-0.15, -0.1) is 11.3 Å². The molecule has 0 radical (unpaired) electrons. The number of thiophene rings is 1. The molecule has 0 saturated carbocycles. The van der Waals surface area contributed by atoms with Crippen molar-refractivity contribution in [2.45, 2.75) is 11.1 Å². The lowest BCUT2D eigenvalue weighted by atomic mass is 10.1. The van der Waals surface area contributed by atoms with Gasteiger partial charge in [0.1, 0.15) is 16.4 Å². The Morgan fingerprint density at radius 3 is 2.37 bits per heavy atom. The fourth-order valence-electron chi connectivity index (χ4n) is 3.12. The maximum absolute atomic E-state index is 12.8. The van der Waals surface area contributed by atoms with Crippen LogP contribution in [-0.2, 0) is 10.0 Å². The second kappa shape index (κ2) is 7.38. The summed E-state index contributed by atoms with van der Waals surface area (Å²) >= 11 is 1.32. The number of benzene rings is 1. The molecule has 0 spiro atoms. The molecule has 6 nitrogen and oxygen atoms in total. The van der Waals surface area contributed by atoms with E-state index in [4.69, 9.17) is 0 Å². The number of nitrogens with zero attached hydrogens (tertiary/aromatic N) is 4. The molecule has 2 aromatic heterocycles. The molecule has 0 aliphatic carbocycles. The summed E-state index contributed by atoms with van der Waals surface area (Å²) in [5.41, 5.74) is 1.90. The minimum Gasteiger partial charge on any atom is -0.354 e. The van der Waals surface area contributed by atoms with Gasteiger partial charge < -0.3 is 4.90 Å². The molecule has 8 heteroatoms. The molecular weight excluding hydrogens is 380 g/mol. The number of aromatic nitrogens is 2. The quantitative estimate of drug-likeness (QED) is 0.673. The monoisotopic (exact) mass is 400 g/mol. The predicted molar refractivity (Wildman–Crippen MR) is 107 cm³/mol. The predicted octanol–water partition coefficient (Wildman–Crippen LogP) is 3.02. The van der Waals surface area contributed by atoms with Crippen molar-refractivity contribution >= 4 is 27.2 Å². The largest absolute Gasteiger partial charge is 0.354 e. The average Bonchev–Trinajstić information content (AvgIpc) is 3.16. The number of anilines is 1. The molecule has 1 aromatic carbocycles.